The molecule has 3 rings (SSSR count). The highest BCUT2D eigenvalue weighted by atomic mass is 15.1. The van der Waals surface area contributed by atoms with Crippen LogP contribution in [0.4, 0.5) is 5.82 Å². The van der Waals surface area contributed by atoms with Crippen LogP contribution in [-0.2, 0) is 19.5 Å². The van der Waals surface area contributed by atoms with Gasteiger partial charge in [0.1, 0.15) is 11.6 Å². The maximum Gasteiger partial charge on any atom is 0.134 e. The summed E-state index contributed by atoms with van der Waals surface area (Å²) in [5.41, 5.74) is 3.66. The van der Waals surface area contributed by atoms with Gasteiger partial charge < -0.3 is 10.6 Å². The molecule has 0 saturated heterocycles. The van der Waals surface area contributed by atoms with Gasteiger partial charge in [0.05, 0.1) is 5.69 Å². The Balaban J connectivity index is 1.82. The second kappa shape index (κ2) is 5.36. The molecule has 19 heavy (non-hydrogen) atoms. The normalized spacial score (nSPS) is 13.9. The minimum absolute atomic E-state index is 0.795. The Kier molecular flexibility index (Phi) is 3.42. The van der Waals surface area contributed by atoms with Gasteiger partial charge in [-0.2, -0.15) is 0 Å². The average Bonchev–Trinajstić information content (AvgIpc) is 2.45. The van der Waals surface area contributed by atoms with Gasteiger partial charge in [0, 0.05) is 31.6 Å². The molecule has 2 N–H and O–H groups in total. The van der Waals surface area contributed by atoms with Crippen molar-refractivity contribution in [3.63, 3.8) is 0 Å². The van der Waals surface area contributed by atoms with Crippen LogP contribution >= 0.6 is 0 Å². The number of anilines is 1. The third kappa shape index (κ3) is 2.74. The van der Waals surface area contributed by atoms with Gasteiger partial charge in [0.15, 0.2) is 0 Å². The second-order valence-electron chi connectivity index (χ2n) is 4.81. The van der Waals surface area contributed by atoms with E-state index in [-0.39, 0.29) is 0 Å². The average molecular weight is 254 g/mol. The quantitative estimate of drug-likeness (QED) is 0.880. The first-order valence-corrected chi connectivity index (χ1v) is 6.68. The number of hydrogen-bond acceptors (Lipinski definition) is 4. The molecule has 1 aliphatic heterocycles. The number of nitrogens with zero attached hydrogens (tertiary/aromatic N) is 2. The summed E-state index contributed by atoms with van der Waals surface area (Å²) in [6.07, 6.45) is 0.985. The molecule has 4 heteroatoms. The first-order valence-electron chi connectivity index (χ1n) is 6.68. The van der Waals surface area contributed by atoms with Crippen molar-refractivity contribution in [2.45, 2.75) is 26.4 Å². The summed E-state index contributed by atoms with van der Waals surface area (Å²) >= 11 is 0. The number of rotatable bonds is 3. The van der Waals surface area contributed by atoms with Crippen molar-refractivity contribution < 1.29 is 0 Å². The Morgan fingerprint density at radius 3 is 2.89 bits per heavy atom. The van der Waals surface area contributed by atoms with E-state index in [0.717, 1.165) is 37.7 Å². The summed E-state index contributed by atoms with van der Waals surface area (Å²) in [5, 5.41) is 6.82. The molecule has 0 amide bonds. The van der Waals surface area contributed by atoms with Gasteiger partial charge in [-0.25, -0.2) is 9.97 Å². The topological polar surface area (TPSA) is 49.8 Å². The number of nitrogens with one attached hydrogen (secondary N) is 2. The lowest BCUT2D eigenvalue weighted by molar-refractivity contribution is 0.624. The van der Waals surface area contributed by atoms with Crippen molar-refractivity contribution in [2.24, 2.45) is 0 Å². The van der Waals surface area contributed by atoms with Gasteiger partial charge >= 0.3 is 0 Å². The molecule has 0 spiro atoms. The zero-order chi connectivity index (χ0) is 13.1. The van der Waals surface area contributed by atoms with Crippen molar-refractivity contribution >= 4 is 5.82 Å². The molecule has 0 radical (unpaired) electrons. The van der Waals surface area contributed by atoms with E-state index in [1.54, 1.807) is 0 Å². The van der Waals surface area contributed by atoms with Gasteiger partial charge in [-0.05, 0) is 12.5 Å². The zero-order valence-corrected chi connectivity index (χ0v) is 11.1. The summed E-state index contributed by atoms with van der Waals surface area (Å²) in [5.74, 6) is 1.81. The lowest BCUT2D eigenvalue weighted by Crippen LogP contribution is -2.26. The molecule has 0 bridgehead atoms. The Bertz CT molecular complexity index is 566. The van der Waals surface area contributed by atoms with Gasteiger partial charge in [-0.1, -0.05) is 30.3 Å². The summed E-state index contributed by atoms with van der Waals surface area (Å²) in [6.45, 7) is 4.61. The molecule has 1 aromatic heterocycles. The highest BCUT2D eigenvalue weighted by Crippen LogP contribution is 2.20. The third-order valence-electron chi connectivity index (χ3n) is 3.35. The van der Waals surface area contributed by atoms with E-state index in [0.29, 0.717) is 0 Å². The van der Waals surface area contributed by atoms with Crippen molar-refractivity contribution in [2.75, 3.05) is 11.9 Å². The first-order chi connectivity index (χ1) is 9.33. The second-order valence-corrected chi connectivity index (χ2v) is 4.81. The predicted molar refractivity (Wildman–Crippen MR) is 75.9 cm³/mol. The minimum atomic E-state index is 0.795. The zero-order valence-electron chi connectivity index (χ0n) is 11.1. The van der Waals surface area contributed by atoms with Gasteiger partial charge in [0.2, 0.25) is 0 Å². The van der Waals surface area contributed by atoms with Gasteiger partial charge in [-0.3, -0.25) is 0 Å². The Morgan fingerprint density at radius 2 is 2.05 bits per heavy atom. The fraction of sp³-hybridized carbons (Fsp3) is 0.333. The fourth-order valence-electron chi connectivity index (χ4n) is 2.39. The monoisotopic (exact) mass is 254 g/mol. The van der Waals surface area contributed by atoms with E-state index in [4.69, 9.17) is 0 Å². The molecule has 4 nitrogen and oxygen atoms in total. The van der Waals surface area contributed by atoms with E-state index in [1.807, 2.05) is 13.0 Å². The summed E-state index contributed by atoms with van der Waals surface area (Å²) < 4.78 is 0. The smallest absolute Gasteiger partial charge is 0.134 e. The highest BCUT2D eigenvalue weighted by Gasteiger charge is 2.16. The molecule has 1 aromatic carbocycles. The maximum atomic E-state index is 4.54. The summed E-state index contributed by atoms with van der Waals surface area (Å²) in [4.78, 5) is 9.08. The molecule has 1 aliphatic rings. The van der Waals surface area contributed by atoms with E-state index < -0.39 is 0 Å². The predicted octanol–water partition coefficient (Wildman–Crippen LogP) is 2.04. The fourth-order valence-corrected chi connectivity index (χ4v) is 2.39. The van der Waals surface area contributed by atoms with Crippen LogP contribution in [0.15, 0.2) is 30.3 Å². The summed E-state index contributed by atoms with van der Waals surface area (Å²) in [6, 6.07) is 10.4. The number of hydrogen-bond donors (Lipinski definition) is 2. The molecule has 0 fully saturated rings. The maximum absolute atomic E-state index is 4.54. The van der Waals surface area contributed by atoms with E-state index >= 15 is 0 Å². The molecular weight excluding hydrogens is 236 g/mol. The van der Waals surface area contributed by atoms with Crippen LogP contribution in [0.25, 0.3) is 0 Å². The highest BCUT2D eigenvalue weighted by molar-refractivity contribution is 5.48. The number of fused-ring (bicyclic) bond motifs is 1. The van der Waals surface area contributed by atoms with Gasteiger partial charge in [0.25, 0.3) is 0 Å². The molecule has 0 aliphatic carbocycles. The van der Waals surface area contributed by atoms with Crippen LogP contribution in [0.1, 0.15) is 22.6 Å². The Hall–Kier alpha value is -1.94. The van der Waals surface area contributed by atoms with Crippen LogP contribution in [0.5, 0.6) is 0 Å². The molecule has 98 valence electrons. The van der Waals surface area contributed by atoms with Crippen molar-refractivity contribution in [1.29, 1.82) is 0 Å². The third-order valence-corrected chi connectivity index (χ3v) is 3.35. The van der Waals surface area contributed by atoms with Crippen LogP contribution in [0.2, 0.25) is 0 Å². The van der Waals surface area contributed by atoms with Crippen LogP contribution in [0.3, 0.4) is 0 Å². The van der Waals surface area contributed by atoms with Crippen LogP contribution in [0, 0.1) is 6.92 Å². The molecule has 0 unspecified atom stereocenters. The summed E-state index contributed by atoms with van der Waals surface area (Å²) in [7, 11) is 0. The molecule has 0 saturated carbocycles. The molecular formula is C15H18N4. The lowest BCUT2D eigenvalue weighted by atomic mass is 10.1. The van der Waals surface area contributed by atoms with Crippen molar-refractivity contribution in [3.8, 4) is 0 Å². The van der Waals surface area contributed by atoms with Gasteiger partial charge in [-0.15, -0.1) is 0 Å². The standard InChI is InChI=1S/C15H18N4/c1-11-18-14-7-8-16-10-13(14)15(19-11)17-9-12-5-3-2-4-6-12/h2-6,16H,7-10H2,1H3,(H,17,18,19). The molecule has 0 atom stereocenters. The van der Waals surface area contributed by atoms with Crippen LogP contribution < -0.4 is 10.6 Å². The SMILES string of the molecule is Cc1nc2c(c(NCc3ccccc3)n1)CNCC2. The molecule has 2 heterocycles. The van der Waals surface area contributed by atoms with Crippen LogP contribution in [-0.4, -0.2) is 16.5 Å². The molecule has 2 aromatic rings. The van der Waals surface area contributed by atoms with E-state index in [1.165, 1.54) is 16.8 Å². The number of aryl methyl sites for hydroxylation is 1. The number of aromatic nitrogens is 2. The van der Waals surface area contributed by atoms with Crippen molar-refractivity contribution in [3.05, 3.63) is 53.0 Å². The lowest BCUT2D eigenvalue weighted by Gasteiger charge is -2.20. The first kappa shape index (κ1) is 12.1. The van der Waals surface area contributed by atoms with Crippen molar-refractivity contribution in [1.82, 2.24) is 15.3 Å². The minimum Gasteiger partial charge on any atom is -0.366 e. The Morgan fingerprint density at radius 1 is 1.21 bits per heavy atom. The Labute approximate surface area is 113 Å². The van der Waals surface area contributed by atoms with E-state index in [9.17, 15) is 0 Å². The van der Waals surface area contributed by atoms with E-state index in [2.05, 4.69) is 44.9 Å². The largest absolute Gasteiger partial charge is 0.366 e. The number of benzene rings is 1.